The van der Waals surface area contributed by atoms with Crippen molar-refractivity contribution in [1.29, 1.82) is 0 Å². The average molecular weight is 335 g/mol. The molecule has 0 aromatic carbocycles. The normalized spacial score (nSPS) is 22.2. The molecule has 1 saturated heterocycles. The van der Waals surface area contributed by atoms with Gasteiger partial charge in [-0.3, -0.25) is 0 Å². The Morgan fingerprint density at radius 3 is 2.44 bits per heavy atom. The predicted molar refractivity (Wildman–Crippen MR) is 73.0 cm³/mol. The van der Waals surface area contributed by atoms with Gasteiger partial charge < -0.3 is 4.90 Å². The van der Waals surface area contributed by atoms with E-state index in [2.05, 4.69) is 25.9 Å². The number of rotatable bonds is 2. The lowest BCUT2D eigenvalue weighted by Gasteiger charge is -2.38. The zero-order valence-corrected chi connectivity index (χ0v) is 12.6. The Balaban J connectivity index is 2.11. The highest BCUT2D eigenvalue weighted by molar-refractivity contribution is 9.10. The molecule has 1 aliphatic heterocycles. The van der Waals surface area contributed by atoms with Gasteiger partial charge in [0.2, 0.25) is 16.0 Å². The summed E-state index contributed by atoms with van der Waals surface area (Å²) in [7, 11) is -3.13. The van der Waals surface area contributed by atoms with E-state index in [9.17, 15) is 8.42 Å². The van der Waals surface area contributed by atoms with Crippen LogP contribution in [0.15, 0.2) is 16.9 Å². The number of aromatic nitrogens is 2. The number of nitrogens with zero attached hydrogens (tertiary/aromatic N) is 4. The van der Waals surface area contributed by atoms with Gasteiger partial charge in [0.1, 0.15) is 0 Å². The van der Waals surface area contributed by atoms with E-state index in [1.807, 2.05) is 11.8 Å². The van der Waals surface area contributed by atoms with Crippen molar-refractivity contribution in [2.24, 2.45) is 0 Å². The first-order valence-corrected chi connectivity index (χ1v) is 8.21. The number of sulfonamides is 1. The highest BCUT2D eigenvalue weighted by atomic mass is 79.9. The van der Waals surface area contributed by atoms with Crippen molar-refractivity contribution in [2.45, 2.75) is 13.0 Å². The van der Waals surface area contributed by atoms with Crippen LogP contribution in [0.3, 0.4) is 0 Å². The molecule has 18 heavy (non-hydrogen) atoms. The van der Waals surface area contributed by atoms with Crippen LogP contribution < -0.4 is 4.90 Å². The fraction of sp³-hybridized carbons (Fsp3) is 0.600. The summed E-state index contributed by atoms with van der Waals surface area (Å²) in [5, 5.41) is 0. The van der Waals surface area contributed by atoms with Gasteiger partial charge in [0.25, 0.3) is 0 Å². The van der Waals surface area contributed by atoms with Crippen molar-refractivity contribution in [2.75, 3.05) is 30.8 Å². The molecule has 1 aromatic rings. The van der Waals surface area contributed by atoms with E-state index in [-0.39, 0.29) is 6.04 Å². The Hall–Kier alpha value is -0.730. The van der Waals surface area contributed by atoms with Crippen LogP contribution >= 0.6 is 15.9 Å². The van der Waals surface area contributed by atoms with Crippen LogP contribution in [-0.2, 0) is 10.0 Å². The fourth-order valence-electron chi connectivity index (χ4n) is 2.08. The van der Waals surface area contributed by atoms with Crippen LogP contribution in [-0.4, -0.2) is 54.6 Å². The minimum absolute atomic E-state index is 0.0685. The summed E-state index contributed by atoms with van der Waals surface area (Å²) in [6.45, 7) is 3.58. The molecule has 1 fully saturated rings. The van der Waals surface area contributed by atoms with Crippen molar-refractivity contribution in [1.82, 2.24) is 14.3 Å². The van der Waals surface area contributed by atoms with Crippen molar-refractivity contribution in [3.05, 3.63) is 16.9 Å². The minimum Gasteiger partial charge on any atom is -0.338 e. The Kier molecular flexibility index (Phi) is 3.88. The summed E-state index contributed by atoms with van der Waals surface area (Å²) < 4.78 is 25.5. The van der Waals surface area contributed by atoms with Crippen LogP contribution in [0.5, 0.6) is 0 Å². The molecule has 8 heteroatoms. The first-order chi connectivity index (χ1) is 8.38. The fourth-order valence-corrected chi connectivity index (χ4v) is 3.42. The standard InChI is InChI=1S/C10H15BrN4O2S/c1-8-7-14(3-4-15(8)18(2,16)17)10-12-5-9(11)6-13-10/h5-6,8H,3-4,7H2,1-2H3/t8-/m0/s1. The lowest BCUT2D eigenvalue weighted by Crippen LogP contribution is -2.54. The summed E-state index contributed by atoms with van der Waals surface area (Å²) in [5.74, 6) is 0.637. The van der Waals surface area contributed by atoms with E-state index in [1.165, 1.54) is 10.6 Å². The van der Waals surface area contributed by atoms with Gasteiger partial charge in [-0.2, -0.15) is 4.31 Å². The number of hydrogen-bond acceptors (Lipinski definition) is 5. The van der Waals surface area contributed by atoms with Crippen LogP contribution in [0, 0.1) is 0 Å². The van der Waals surface area contributed by atoms with E-state index in [1.54, 1.807) is 12.4 Å². The molecule has 6 nitrogen and oxygen atoms in total. The first kappa shape index (κ1) is 13.7. The Bertz CT molecular complexity index is 519. The van der Waals surface area contributed by atoms with Gasteiger partial charge in [-0.1, -0.05) is 0 Å². The second-order valence-corrected chi connectivity index (χ2v) is 7.22. The zero-order valence-electron chi connectivity index (χ0n) is 10.2. The molecule has 0 saturated carbocycles. The van der Waals surface area contributed by atoms with E-state index in [4.69, 9.17) is 0 Å². The van der Waals surface area contributed by atoms with Gasteiger partial charge in [0, 0.05) is 38.1 Å². The molecular formula is C10H15BrN4O2S. The van der Waals surface area contributed by atoms with Gasteiger partial charge in [-0.15, -0.1) is 0 Å². The van der Waals surface area contributed by atoms with Crippen molar-refractivity contribution >= 4 is 31.9 Å². The van der Waals surface area contributed by atoms with Crippen molar-refractivity contribution in [3.8, 4) is 0 Å². The molecule has 0 bridgehead atoms. The van der Waals surface area contributed by atoms with E-state index < -0.39 is 10.0 Å². The third-order valence-electron chi connectivity index (χ3n) is 2.88. The molecule has 0 aliphatic carbocycles. The SMILES string of the molecule is C[C@H]1CN(c2ncc(Br)cn2)CCN1S(C)(=O)=O. The largest absolute Gasteiger partial charge is 0.338 e. The average Bonchev–Trinajstić information content (AvgIpc) is 2.28. The first-order valence-electron chi connectivity index (χ1n) is 5.57. The van der Waals surface area contributed by atoms with Crippen LogP contribution in [0.4, 0.5) is 5.95 Å². The molecule has 1 atom stereocenters. The van der Waals surface area contributed by atoms with E-state index in [0.29, 0.717) is 25.6 Å². The molecule has 0 spiro atoms. The summed E-state index contributed by atoms with van der Waals surface area (Å²) in [4.78, 5) is 10.4. The Morgan fingerprint density at radius 1 is 1.33 bits per heavy atom. The van der Waals surface area contributed by atoms with E-state index >= 15 is 0 Å². The zero-order chi connectivity index (χ0) is 13.3. The maximum atomic E-state index is 11.6. The number of hydrogen-bond donors (Lipinski definition) is 0. The van der Waals surface area contributed by atoms with Crippen LogP contribution in [0.2, 0.25) is 0 Å². The molecular weight excluding hydrogens is 320 g/mol. The lowest BCUT2D eigenvalue weighted by atomic mass is 10.2. The molecule has 100 valence electrons. The number of halogens is 1. The smallest absolute Gasteiger partial charge is 0.225 e. The van der Waals surface area contributed by atoms with E-state index in [0.717, 1.165) is 4.47 Å². The van der Waals surface area contributed by atoms with Gasteiger partial charge in [0.05, 0.1) is 10.7 Å². The predicted octanol–water partition coefficient (Wildman–Crippen LogP) is 0.709. The Labute approximate surface area is 115 Å². The topological polar surface area (TPSA) is 66.4 Å². The minimum atomic E-state index is -3.13. The molecule has 0 unspecified atom stereocenters. The van der Waals surface area contributed by atoms with Gasteiger partial charge >= 0.3 is 0 Å². The Morgan fingerprint density at radius 2 is 1.94 bits per heavy atom. The molecule has 0 N–H and O–H groups in total. The third kappa shape index (κ3) is 2.99. The number of piperazine rings is 1. The molecule has 2 heterocycles. The molecule has 0 radical (unpaired) electrons. The third-order valence-corrected chi connectivity index (χ3v) is 4.69. The molecule has 2 rings (SSSR count). The van der Waals surface area contributed by atoms with Crippen molar-refractivity contribution in [3.63, 3.8) is 0 Å². The summed E-state index contributed by atoms with van der Waals surface area (Å²) in [6.07, 6.45) is 4.63. The van der Waals surface area contributed by atoms with Gasteiger partial charge in [0.15, 0.2) is 0 Å². The van der Waals surface area contributed by atoms with Crippen LogP contribution in [0.1, 0.15) is 6.92 Å². The second-order valence-electron chi connectivity index (χ2n) is 4.37. The lowest BCUT2D eigenvalue weighted by molar-refractivity contribution is 0.307. The molecule has 1 aliphatic rings. The summed E-state index contributed by atoms with van der Waals surface area (Å²) >= 11 is 3.29. The second kappa shape index (κ2) is 5.10. The van der Waals surface area contributed by atoms with Crippen LogP contribution in [0.25, 0.3) is 0 Å². The monoisotopic (exact) mass is 334 g/mol. The maximum absolute atomic E-state index is 11.6. The number of anilines is 1. The quantitative estimate of drug-likeness (QED) is 0.796. The molecule has 0 amide bonds. The maximum Gasteiger partial charge on any atom is 0.225 e. The summed E-state index contributed by atoms with van der Waals surface area (Å²) in [6, 6.07) is -0.0685. The van der Waals surface area contributed by atoms with Gasteiger partial charge in [-0.25, -0.2) is 18.4 Å². The summed E-state index contributed by atoms with van der Waals surface area (Å²) in [5.41, 5.74) is 0. The van der Waals surface area contributed by atoms with Gasteiger partial charge in [-0.05, 0) is 22.9 Å². The highest BCUT2D eigenvalue weighted by Gasteiger charge is 2.30. The molecule has 1 aromatic heterocycles. The highest BCUT2D eigenvalue weighted by Crippen LogP contribution is 2.18. The van der Waals surface area contributed by atoms with Crippen molar-refractivity contribution < 1.29 is 8.42 Å².